The first-order chi connectivity index (χ1) is 13.2. The summed E-state index contributed by atoms with van der Waals surface area (Å²) in [4.78, 5) is 3.35. The van der Waals surface area contributed by atoms with Crippen molar-refractivity contribution < 1.29 is 26.3 Å². The number of guanidine groups is 1. The third-order valence-corrected chi connectivity index (χ3v) is 5.14. The molecule has 0 spiro atoms. The van der Waals surface area contributed by atoms with Crippen LogP contribution in [0, 0.1) is 0 Å². The molecular formula is C18H20F3N3O3S. The zero-order valence-electron chi connectivity index (χ0n) is 14.8. The van der Waals surface area contributed by atoms with Gasteiger partial charge in [0.2, 0.25) is 0 Å². The van der Waals surface area contributed by atoms with Gasteiger partial charge < -0.3 is 15.8 Å². The van der Waals surface area contributed by atoms with E-state index in [1.807, 2.05) is 30.3 Å². The third-order valence-electron chi connectivity index (χ3n) is 3.64. The van der Waals surface area contributed by atoms with Gasteiger partial charge in [-0.2, -0.15) is 13.2 Å². The molecule has 6 nitrogen and oxygen atoms in total. The molecule has 2 aromatic rings. The predicted molar refractivity (Wildman–Crippen MR) is 99.8 cm³/mol. The first kappa shape index (κ1) is 21.5. The quantitative estimate of drug-likeness (QED) is 0.393. The van der Waals surface area contributed by atoms with E-state index < -0.39 is 20.2 Å². The average molecular weight is 415 g/mol. The number of sulfone groups is 1. The maximum Gasteiger partial charge on any atom is 0.501 e. The van der Waals surface area contributed by atoms with Gasteiger partial charge >= 0.3 is 5.51 Å². The van der Waals surface area contributed by atoms with Crippen LogP contribution in [0.2, 0.25) is 0 Å². The molecule has 10 heteroatoms. The second-order valence-electron chi connectivity index (χ2n) is 5.70. The van der Waals surface area contributed by atoms with E-state index in [0.717, 1.165) is 36.2 Å². The molecule has 2 aromatic carbocycles. The molecule has 28 heavy (non-hydrogen) atoms. The first-order valence-electron chi connectivity index (χ1n) is 8.32. The van der Waals surface area contributed by atoms with Gasteiger partial charge in [-0.3, -0.25) is 4.99 Å². The molecule has 0 radical (unpaired) electrons. The lowest BCUT2D eigenvalue weighted by molar-refractivity contribution is -0.0436. The van der Waals surface area contributed by atoms with E-state index in [1.54, 1.807) is 0 Å². The van der Waals surface area contributed by atoms with E-state index in [1.165, 1.54) is 0 Å². The molecule has 0 aromatic heterocycles. The van der Waals surface area contributed by atoms with Gasteiger partial charge in [0.15, 0.2) is 5.96 Å². The van der Waals surface area contributed by atoms with Crippen LogP contribution in [0.1, 0.15) is 5.56 Å². The third kappa shape index (κ3) is 6.15. The first-order valence-corrected chi connectivity index (χ1v) is 9.80. The summed E-state index contributed by atoms with van der Waals surface area (Å²) in [5, 5.41) is 2.85. The van der Waals surface area contributed by atoms with Crippen LogP contribution in [0.4, 0.5) is 13.2 Å². The van der Waals surface area contributed by atoms with E-state index in [0.29, 0.717) is 13.1 Å². The normalized spacial score (nSPS) is 12.6. The maximum atomic E-state index is 12.5. The van der Waals surface area contributed by atoms with E-state index >= 15 is 0 Å². The Morgan fingerprint density at radius 3 is 2.32 bits per heavy atom. The van der Waals surface area contributed by atoms with Gasteiger partial charge in [0, 0.05) is 6.54 Å². The van der Waals surface area contributed by atoms with Gasteiger partial charge in [-0.15, -0.1) is 0 Å². The average Bonchev–Trinajstić information content (AvgIpc) is 2.65. The number of ether oxygens (including phenoxy) is 1. The summed E-state index contributed by atoms with van der Waals surface area (Å²) in [7, 11) is -5.36. The van der Waals surface area contributed by atoms with Crippen molar-refractivity contribution in [2.75, 3.05) is 19.7 Å². The summed E-state index contributed by atoms with van der Waals surface area (Å²) in [5.41, 5.74) is 1.55. The summed E-state index contributed by atoms with van der Waals surface area (Å²) in [6.07, 6.45) is 0.757. The van der Waals surface area contributed by atoms with Crippen LogP contribution in [0.25, 0.3) is 0 Å². The lowest BCUT2D eigenvalue weighted by Gasteiger charge is -2.10. The molecule has 0 saturated carbocycles. The Labute approximate surface area is 161 Å². The molecular weight excluding hydrogens is 395 g/mol. The van der Waals surface area contributed by atoms with Crippen molar-refractivity contribution in [3.05, 3.63) is 60.2 Å². The molecule has 2 rings (SSSR count). The Balaban J connectivity index is 1.74. The highest BCUT2D eigenvalue weighted by molar-refractivity contribution is 7.92. The Morgan fingerprint density at radius 2 is 1.71 bits per heavy atom. The standard InChI is InChI=1S/C18H20F3N3O3S/c19-18(20,21)28(25,26)16-8-6-15(7-9-16)27-13-12-24-17(22)23-11-10-14-4-2-1-3-5-14/h1-9H,10-13H2,(H3,22,23,24). The fourth-order valence-corrected chi connectivity index (χ4v) is 2.96. The van der Waals surface area contributed by atoms with Gasteiger partial charge in [-0.1, -0.05) is 30.3 Å². The largest absolute Gasteiger partial charge is 0.501 e. The van der Waals surface area contributed by atoms with Crippen molar-refractivity contribution in [1.82, 2.24) is 5.32 Å². The Kier molecular flexibility index (Phi) is 7.27. The molecule has 0 atom stereocenters. The summed E-state index contributed by atoms with van der Waals surface area (Å²) in [6, 6.07) is 13.9. The minimum atomic E-state index is -5.36. The van der Waals surface area contributed by atoms with Crippen LogP contribution >= 0.6 is 0 Å². The monoisotopic (exact) mass is 415 g/mol. The fraction of sp³-hybridized carbons (Fsp3) is 0.278. The molecule has 0 aliphatic rings. The number of aliphatic imine (C=N–C) groups is 1. The van der Waals surface area contributed by atoms with Crippen molar-refractivity contribution >= 4 is 15.8 Å². The van der Waals surface area contributed by atoms with Crippen LogP contribution in [-0.2, 0) is 16.3 Å². The van der Waals surface area contributed by atoms with Crippen molar-refractivity contribution in [1.29, 1.82) is 0 Å². The van der Waals surface area contributed by atoms with E-state index in [-0.39, 0.29) is 18.3 Å². The van der Waals surface area contributed by atoms with E-state index in [2.05, 4.69) is 10.3 Å². The number of rotatable bonds is 8. The molecule has 3 N–H and O–H groups in total. The minimum absolute atomic E-state index is 0.167. The summed E-state index contributed by atoms with van der Waals surface area (Å²) in [6.45, 7) is 1.02. The molecule has 0 fully saturated rings. The topological polar surface area (TPSA) is 93.8 Å². The summed E-state index contributed by atoms with van der Waals surface area (Å²) < 4.78 is 65.3. The smallest absolute Gasteiger partial charge is 0.492 e. The van der Waals surface area contributed by atoms with E-state index in [9.17, 15) is 21.6 Å². The van der Waals surface area contributed by atoms with Crippen LogP contribution in [0.3, 0.4) is 0 Å². The number of nitrogens with zero attached hydrogens (tertiary/aromatic N) is 1. The Morgan fingerprint density at radius 1 is 1.07 bits per heavy atom. The lowest BCUT2D eigenvalue weighted by Crippen LogP contribution is -2.35. The SMILES string of the molecule is NC(=NCCc1ccccc1)NCCOc1ccc(S(=O)(=O)C(F)(F)F)cc1. The molecule has 0 aliphatic carbocycles. The van der Waals surface area contributed by atoms with Gasteiger partial charge in [0.25, 0.3) is 9.84 Å². The lowest BCUT2D eigenvalue weighted by atomic mass is 10.2. The van der Waals surface area contributed by atoms with Crippen molar-refractivity contribution in [2.24, 2.45) is 10.7 Å². The van der Waals surface area contributed by atoms with Gasteiger partial charge in [0.05, 0.1) is 11.4 Å². The number of hydrogen-bond acceptors (Lipinski definition) is 4. The van der Waals surface area contributed by atoms with Crippen molar-refractivity contribution in [3.8, 4) is 5.75 Å². The minimum Gasteiger partial charge on any atom is -0.492 e. The zero-order chi connectivity index (χ0) is 20.6. The molecule has 0 aliphatic heterocycles. The van der Waals surface area contributed by atoms with E-state index in [4.69, 9.17) is 10.5 Å². The maximum absolute atomic E-state index is 12.5. The second kappa shape index (κ2) is 9.45. The number of alkyl halides is 3. The number of benzene rings is 2. The summed E-state index contributed by atoms with van der Waals surface area (Å²) in [5.74, 6) is 0.494. The van der Waals surface area contributed by atoms with Crippen molar-refractivity contribution in [3.63, 3.8) is 0 Å². The molecule has 0 bridgehead atoms. The van der Waals surface area contributed by atoms with Crippen molar-refractivity contribution in [2.45, 2.75) is 16.8 Å². The fourth-order valence-electron chi connectivity index (χ4n) is 2.20. The van der Waals surface area contributed by atoms with Crippen LogP contribution in [0.5, 0.6) is 5.75 Å². The van der Waals surface area contributed by atoms with Gasteiger partial charge in [-0.25, -0.2) is 8.42 Å². The summed E-state index contributed by atoms with van der Waals surface area (Å²) >= 11 is 0. The highest BCUT2D eigenvalue weighted by Gasteiger charge is 2.46. The molecule has 152 valence electrons. The molecule has 0 heterocycles. The molecule has 0 amide bonds. The highest BCUT2D eigenvalue weighted by Crippen LogP contribution is 2.30. The Bertz CT molecular complexity index is 884. The number of hydrogen-bond donors (Lipinski definition) is 2. The second-order valence-corrected chi connectivity index (χ2v) is 7.64. The van der Waals surface area contributed by atoms with Crippen LogP contribution < -0.4 is 15.8 Å². The van der Waals surface area contributed by atoms with Gasteiger partial charge in [-0.05, 0) is 36.2 Å². The van der Waals surface area contributed by atoms with Gasteiger partial charge in [0.1, 0.15) is 12.4 Å². The number of nitrogens with two attached hydrogens (primary N) is 1. The Hall–Kier alpha value is -2.75. The van der Waals surface area contributed by atoms with Crippen LogP contribution in [-0.4, -0.2) is 39.6 Å². The number of halogens is 3. The van der Waals surface area contributed by atoms with Crippen LogP contribution in [0.15, 0.2) is 64.5 Å². The molecule has 0 saturated heterocycles. The predicted octanol–water partition coefficient (Wildman–Crippen LogP) is 2.51. The zero-order valence-corrected chi connectivity index (χ0v) is 15.6. The highest BCUT2D eigenvalue weighted by atomic mass is 32.2. The number of nitrogens with one attached hydrogen (secondary N) is 1. The molecule has 0 unspecified atom stereocenters.